The Balaban J connectivity index is 1.29. The Morgan fingerprint density at radius 1 is 0.846 bits per heavy atom. The number of aliphatic hydroxyl groups is 1. The maximum atomic E-state index is 10.3. The second-order valence-corrected chi connectivity index (χ2v) is 7.33. The summed E-state index contributed by atoms with van der Waals surface area (Å²) in [6.45, 7) is 10.2. The molecule has 0 spiro atoms. The molecule has 146 valence electrons. The predicted molar refractivity (Wildman–Crippen MR) is 103 cm³/mol. The van der Waals surface area contributed by atoms with E-state index in [1.54, 1.807) is 7.11 Å². The number of ether oxygens (including phenoxy) is 2. The van der Waals surface area contributed by atoms with Gasteiger partial charge in [0.25, 0.3) is 0 Å². The van der Waals surface area contributed by atoms with E-state index in [2.05, 4.69) is 14.7 Å². The van der Waals surface area contributed by atoms with Crippen LogP contribution in [-0.4, -0.2) is 98.5 Å². The van der Waals surface area contributed by atoms with Crippen molar-refractivity contribution in [2.45, 2.75) is 18.9 Å². The fourth-order valence-electron chi connectivity index (χ4n) is 3.70. The molecule has 1 atom stereocenters. The van der Waals surface area contributed by atoms with Gasteiger partial charge < -0.3 is 19.5 Å². The van der Waals surface area contributed by atoms with E-state index in [0.29, 0.717) is 13.2 Å². The molecule has 2 heterocycles. The van der Waals surface area contributed by atoms with Crippen LogP contribution >= 0.6 is 0 Å². The molecule has 2 saturated heterocycles. The van der Waals surface area contributed by atoms with Crippen LogP contribution in [0.1, 0.15) is 12.8 Å². The molecule has 0 aliphatic carbocycles. The summed E-state index contributed by atoms with van der Waals surface area (Å²) >= 11 is 0. The Kier molecular flexibility index (Phi) is 7.55. The van der Waals surface area contributed by atoms with Crippen molar-refractivity contribution in [3.8, 4) is 11.5 Å². The molecule has 0 saturated carbocycles. The van der Waals surface area contributed by atoms with Crippen LogP contribution in [0, 0.1) is 0 Å². The van der Waals surface area contributed by atoms with E-state index >= 15 is 0 Å². The average Bonchev–Trinajstić information content (AvgIpc) is 3.20. The zero-order valence-corrected chi connectivity index (χ0v) is 16.0. The number of hydrogen-bond donors (Lipinski definition) is 1. The lowest BCUT2D eigenvalue weighted by Crippen LogP contribution is -2.50. The van der Waals surface area contributed by atoms with Gasteiger partial charge in [0, 0.05) is 45.8 Å². The van der Waals surface area contributed by atoms with Gasteiger partial charge in [-0.3, -0.25) is 9.80 Å². The highest BCUT2D eigenvalue weighted by Crippen LogP contribution is 2.17. The second kappa shape index (κ2) is 10.1. The Bertz CT molecular complexity index is 512. The van der Waals surface area contributed by atoms with E-state index in [4.69, 9.17) is 9.47 Å². The summed E-state index contributed by atoms with van der Waals surface area (Å²) in [5.41, 5.74) is 0. The van der Waals surface area contributed by atoms with Crippen molar-refractivity contribution in [1.82, 2.24) is 14.7 Å². The van der Waals surface area contributed by atoms with Crippen LogP contribution in [0.25, 0.3) is 0 Å². The topological polar surface area (TPSA) is 48.4 Å². The van der Waals surface area contributed by atoms with Crippen molar-refractivity contribution in [2.24, 2.45) is 0 Å². The van der Waals surface area contributed by atoms with E-state index < -0.39 is 6.10 Å². The second-order valence-electron chi connectivity index (χ2n) is 7.33. The van der Waals surface area contributed by atoms with Gasteiger partial charge in [0.1, 0.15) is 24.2 Å². The summed E-state index contributed by atoms with van der Waals surface area (Å²) in [6.07, 6.45) is 2.27. The van der Waals surface area contributed by atoms with E-state index in [1.807, 2.05) is 24.3 Å². The third-order valence-corrected chi connectivity index (χ3v) is 5.37. The average molecular weight is 364 g/mol. The lowest BCUT2D eigenvalue weighted by Gasteiger charge is -2.36. The van der Waals surface area contributed by atoms with E-state index in [0.717, 1.165) is 37.7 Å². The summed E-state index contributed by atoms with van der Waals surface area (Å²) < 4.78 is 10.8. The molecule has 6 heteroatoms. The molecule has 0 amide bonds. The van der Waals surface area contributed by atoms with E-state index in [9.17, 15) is 5.11 Å². The Labute approximate surface area is 157 Å². The maximum absolute atomic E-state index is 10.3. The lowest BCUT2D eigenvalue weighted by molar-refractivity contribution is 0.0446. The number of β-amino-alcohol motifs (C(OH)–C–C–N with tert-alkyl or cyclic N) is 1. The van der Waals surface area contributed by atoms with Gasteiger partial charge in [-0.15, -0.1) is 0 Å². The largest absolute Gasteiger partial charge is 0.497 e. The van der Waals surface area contributed by atoms with Gasteiger partial charge in [0.05, 0.1) is 7.11 Å². The summed E-state index contributed by atoms with van der Waals surface area (Å²) in [5, 5.41) is 10.3. The molecule has 26 heavy (non-hydrogen) atoms. The minimum atomic E-state index is -0.465. The number of aliphatic hydroxyl groups excluding tert-OH is 1. The van der Waals surface area contributed by atoms with E-state index in [-0.39, 0.29) is 0 Å². The number of nitrogens with zero attached hydrogens (tertiary/aromatic N) is 3. The van der Waals surface area contributed by atoms with Crippen LogP contribution in [0.5, 0.6) is 11.5 Å². The molecule has 1 aromatic carbocycles. The zero-order valence-electron chi connectivity index (χ0n) is 16.0. The fourth-order valence-corrected chi connectivity index (χ4v) is 3.70. The predicted octanol–water partition coefficient (Wildman–Crippen LogP) is 1.15. The molecule has 0 radical (unpaired) electrons. The number of benzene rings is 1. The number of hydrogen-bond acceptors (Lipinski definition) is 6. The number of methoxy groups -OCH3 is 1. The first kappa shape index (κ1) is 19.4. The highest BCUT2D eigenvalue weighted by Gasteiger charge is 2.20. The van der Waals surface area contributed by atoms with Crippen molar-refractivity contribution >= 4 is 0 Å². The van der Waals surface area contributed by atoms with Crippen LogP contribution in [-0.2, 0) is 0 Å². The van der Waals surface area contributed by atoms with Crippen LogP contribution in [0.2, 0.25) is 0 Å². The Morgan fingerprint density at radius 3 is 2.00 bits per heavy atom. The molecule has 0 aromatic heterocycles. The lowest BCUT2D eigenvalue weighted by atomic mass is 10.2. The first-order chi connectivity index (χ1) is 12.7. The summed E-state index contributed by atoms with van der Waals surface area (Å²) in [4.78, 5) is 7.47. The van der Waals surface area contributed by atoms with Gasteiger partial charge in [-0.1, -0.05) is 0 Å². The molecule has 2 aliphatic rings. The normalized spacial score (nSPS) is 21.0. The maximum Gasteiger partial charge on any atom is 0.119 e. The van der Waals surface area contributed by atoms with Crippen molar-refractivity contribution in [1.29, 1.82) is 0 Å². The Morgan fingerprint density at radius 2 is 1.38 bits per heavy atom. The van der Waals surface area contributed by atoms with Gasteiger partial charge in [-0.05, 0) is 50.2 Å². The first-order valence-corrected chi connectivity index (χ1v) is 9.85. The van der Waals surface area contributed by atoms with Crippen LogP contribution in [0.4, 0.5) is 0 Å². The molecule has 0 unspecified atom stereocenters. The molecule has 3 rings (SSSR count). The fraction of sp³-hybridized carbons (Fsp3) is 0.700. The van der Waals surface area contributed by atoms with Crippen LogP contribution < -0.4 is 9.47 Å². The first-order valence-electron chi connectivity index (χ1n) is 9.85. The number of rotatable bonds is 9. The quantitative estimate of drug-likeness (QED) is 0.710. The summed E-state index contributed by atoms with van der Waals surface area (Å²) in [7, 11) is 1.64. The third-order valence-electron chi connectivity index (χ3n) is 5.37. The molecular formula is C20H33N3O3. The van der Waals surface area contributed by atoms with Crippen molar-refractivity contribution < 1.29 is 14.6 Å². The molecule has 2 aliphatic heterocycles. The Hall–Kier alpha value is -1.34. The van der Waals surface area contributed by atoms with Gasteiger partial charge in [0.2, 0.25) is 0 Å². The smallest absolute Gasteiger partial charge is 0.119 e. The van der Waals surface area contributed by atoms with Gasteiger partial charge in [-0.2, -0.15) is 0 Å². The van der Waals surface area contributed by atoms with E-state index in [1.165, 1.54) is 39.0 Å². The van der Waals surface area contributed by atoms with Crippen LogP contribution in [0.15, 0.2) is 24.3 Å². The van der Waals surface area contributed by atoms with Crippen molar-refractivity contribution in [2.75, 3.05) is 72.6 Å². The van der Waals surface area contributed by atoms with Gasteiger partial charge >= 0.3 is 0 Å². The zero-order chi connectivity index (χ0) is 18.2. The summed E-state index contributed by atoms with van der Waals surface area (Å²) in [5.74, 6) is 1.57. The van der Waals surface area contributed by atoms with Gasteiger partial charge in [-0.25, -0.2) is 0 Å². The van der Waals surface area contributed by atoms with Crippen molar-refractivity contribution in [3.05, 3.63) is 24.3 Å². The molecular weight excluding hydrogens is 330 g/mol. The third kappa shape index (κ3) is 6.13. The molecule has 1 aromatic rings. The number of piperazine rings is 1. The monoisotopic (exact) mass is 363 g/mol. The SMILES string of the molecule is COc1ccc(OC[C@@H](O)CN2CCN(CCN3CCCC3)CC2)cc1. The molecule has 0 bridgehead atoms. The van der Waals surface area contributed by atoms with Gasteiger partial charge in [0.15, 0.2) is 0 Å². The highest BCUT2D eigenvalue weighted by molar-refractivity contribution is 5.31. The number of likely N-dealkylation sites (tertiary alicyclic amines) is 1. The molecule has 2 fully saturated rings. The minimum absolute atomic E-state index is 0.321. The molecule has 1 N–H and O–H groups in total. The minimum Gasteiger partial charge on any atom is -0.497 e. The standard InChI is InChI=1S/C20H33N3O3/c1-25-19-4-6-20(7-5-19)26-17-18(24)16-23-14-12-22(13-15-23)11-10-21-8-2-3-9-21/h4-7,18,24H,2-3,8-17H2,1H3/t18-/m0/s1. The summed E-state index contributed by atoms with van der Waals surface area (Å²) in [6, 6.07) is 7.46. The molecule has 6 nitrogen and oxygen atoms in total. The highest BCUT2D eigenvalue weighted by atomic mass is 16.5. The van der Waals surface area contributed by atoms with Crippen LogP contribution in [0.3, 0.4) is 0 Å². The van der Waals surface area contributed by atoms with Crippen molar-refractivity contribution in [3.63, 3.8) is 0 Å².